The fourth-order valence-corrected chi connectivity index (χ4v) is 3.47. The van der Waals surface area contributed by atoms with Gasteiger partial charge in [0.2, 0.25) is 0 Å². The second-order valence-corrected chi connectivity index (χ2v) is 6.69. The maximum atomic E-state index is 12.1. The van der Waals surface area contributed by atoms with E-state index in [1.807, 2.05) is 19.1 Å². The summed E-state index contributed by atoms with van der Waals surface area (Å²) in [6.07, 6.45) is 1.89. The molecule has 3 heterocycles. The van der Waals surface area contributed by atoms with Crippen LogP contribution in [0.25, 0.3) is 22.3 Å². The highest BCUT2D eigenvalue weighted by atomic mass is 16.5. The van der Waals surface area contributed by atoms with Crippen molar-refractivity contribution in [2.24, 2.45) is 0 Å². The summed E-state index contributed by atoms with van der Waals surface area (Å²) in [4.78, 5) is 12.1. The standard InChI is InChI=1S/C20H21NO5/c1-11-12(2)20(22)25-18-9-14(8-17(23-3)19(11)18)16-10-15(21-26-16)13-4-6-24-7-5-13/h8-10,13H,4-7H2,1-3H3. The molecule has 1 aromatic carbocycles. The lowest BCUT2D eigenvalue weighted by Gasteiger charge is -2.19. The van der Waals surface area contributed by atoms with Gasteiger partial charge < -0.3 is 18.4 Å². The molecule has 6 nitrogen and oxygen atoms in total. The topological polar surface area (TPSA) is 74.7 Å². The van der Waals surface area contributed by atoms with E-state index in [2.05, 4.69) is 5.16 Å². The van der Waals surface area contributed by atoms with E-state index in [1.54, 1.807) is 20.1 Å². The molecule has 0 atom stereocenters. The number of fused-ring (bicyclic) bond motifs is 1. The van der Waals surface area contributed by atoms with Crippen LogP contribution >= 0.6 is 0 Å². The Bertz CT molecular complexity index is 1010. The van der Waals surface area contributed by atoms with Crippen molar-refractivity contribution < 1.29 is 18.4 Å². The van der Waals surface area contributed by atoms with Crippen LogP contribution < -0.4 is 10.4 Å². The van der Waals surface area contributed by atoms with E-state index < -0.39 is 0 Å². The van der Waals surface area contributed by atoms with Gasteiger partial charge in [0.25, 0.3) is 0 Å². The summed E-state index contributed by atoms with van der Waals surface area (Å²) in [5.41, 5.74) is 3.30. The summed E-state index contributed by atoms with van der Waals surface area (Å²) in [5, 5.41) is 5.04. The molecule has 1 aliphatic heterocycles. The lowest BCUT2D eigenvalue weighted by Crippen LogP contribution is -2.14. The molecule has 136 valence electrons. The third-order valence-corrected chi connectivity index (χ3v) is 5.18. The number of nitrogens with zero attached hydrogens (tertiary/aromatic N) is 1. The van der Waals surface area contributed by atoms with Crippen molar-refractivity contribution in [3.8, 4) is 17.1 Å². The van der Waals surface area contributed by atoms with Crippen molar-refractivity contribution in [3.05, 3.63) is 45.4 Å². The number of rotatable bonds is 3. The molecule has 1 fully saturated rings. The summed E-state index contributed by atoms with van der Waals surface area (Å²) in [5.74, 6) is 1.63. The second kappa shape index (κ2) is 6.61. The zero-order valence-electron chi connectivity index (χ0n) is 15.1. The summed E-state index contributed by atoms with van der Waals surface area (Å²) in [7, 11) is 1.60. The van der Waals surface area contributed by atoms with Gasteiger partial charge in [-0.3, -0.25) is 0 Å². The molecule has 2 aromatic heterocycles. The third-order valence-electron chi connectivity index (χ3n) is 5.18. The van der Waals surface area contributed by atoms with E-state index in [0.29, 0.717) is 28.6 Å². The predicted molar refractivity (Wildman–Crippen MR) is 96.8 cm³/mol. The summed E-state index contributed by atoms with van der Waals surface area (Å²) in [6, 6.07) is 5.65. The highest BCUT2D eigenvalue weighted by Gasteiger charge is 2.21. The molecule has 0 aliphatic carbocycles. The smallest absolute Gasteiger partial charge is 0.339 e. The molecular weight excluding hydrogens is 334 g/mol. The van der Waals surface area contributed by atoms with E-state index in [-0.39, 0.29) is 5.63 Å². The maximum Gasteiger partial charge on any atom is 0.339 e. The van der Waals surface area contributed by atoms with Crippen LogP contribution in [-0.2, 0) is 4.74 Å². The number of hydrogen-bond donors (Lipinski definition) is 0. The maximum absolute atomic E-state index is 12.1. The highest BCUT2D eigenvalue weighted by molar-refractivity contribution is 5.91. The van der Waals surface area contributed by atoms with Crippen LogP contribution in [-0.4, -0.2) is 25.5 Å². The molecular formula is C20H21NO5. The first-order valence-corrected chi connectivity index (χ1v) is 8.75. The van der Waals surface area contributed by atoms with Gasteiger partial charge in [0, 0.05) is 36.3 Å². The van der Waals surface area contributed by atoms with Crippen molar-refractivity contribution in [1.82, 2.24) is 5.16 Å². The minimum Gasteiger partial charge on any atom is -0.496 e. The molecule has 0 unspecified atom stereocenters. The van der Waals surface area contributed by atoms with Crippen molar-refractivity contribution in [3.63, 3.8) is 0 Å². The quantitative estimate of drug-likeness (QED) is 0.662. The first kappa shape index (κ1) is 16.8. The number of benzene rings is 1. The van der Waals surface area contributed by atoms with E-state index in [0.717, 1.165) is 48.3 Å². The molecule has 0 amide bonds. The zero-order valence-corrected chi connectivity index (χ0v) is 15.1. The molecule has 4 rings (SSSR count). The van der Waals surface area contributed by atoms with Gasteiger partial charge >= 0.3 is 5.63 Å². The Balaban J connectivity index is 1.81. The van der Waals surface area contributed by atoms with Gasteiger partial charge in [-0.1, -0.05) is 5.16 Å². The van der Waals surface area contributed by atoms with Crippen molar-refractivity contribution in [2.45, 2.75) is 32.6 Å². The minimum absolute atomic E-state index is 0.338. The lowest BCUT2D eigenvalue weighted by molar-refractivity contribution is 0.0838. The van der Waals surface area contributed by atoms with Crippen LogP contribution in [0.2, 0.25) is 0 Å². The number of hydrogen-bond acceptors (Lipinski definition) is 6. The Kier molecular flexibility index (Phi) is 4.28. The number of methoxy groups -OCH3 is 1. The molecule has 0 spiro atoms. The molecule has 0 radical (unpaired) electrons. The van der Waals surface area contributed by atoms with Crippen LogP contribution in [0.15, 0.2) is 31.9 Å². The van der Waals surface area contributed by atoms with Gasteiger partial charge in [0.15, 0.2) is 5.76 Å². The monoisotopic (exact) mass is 355 g/mol. The fraction of sp³-hybridized carbons (Fsp3) is 0.400. The normalized spacial score (nSPS) is 15.5. The summed E-state index contributed by atoms with van der Waals surface area (Å²) < 4.78 is 22.0. The largest absolute Gasteiger partial charge is 0.496 e. The molecule has 26 heavy (non-hydrogen) atoms. The van der Waals surface area contributed by atoms with E-state index in [9.17, 15) is 4.79 Å². The van der Waals surface area contributed by atoms with Gasteiger partial charge in [-0.25, -0.2) is 4.79 Å². The van der Waals surface area contributed by atoms with E-state index in [1.165, 1.54) is 0 Å². The van der Waals surface area contributed by atoms with Crippen LogP contribution in [0.5, 0.6) is 5.75 Å². The van der Waals surface area contributed by atoms with Crippen molar-refractivity contribution >= 4 is 11.0 Å². The van der Waals surface area contributed by atoms with Crippen molar-refractivity contribution in [1.29, 1.82) is 0 Å². The van der Waals surface area contributed by atoms with Crippen LogP contribution in [0.4, 0.5) is 0 Å². The first-order valence-electron chi connectivity index (χ1n) is 8.75. The zero-order chi connectivity index (χ0) is 18.3. The van der Waals surface area contributed by atoms with E-state index >= 15 is 0 Å². The molecule has 0 bridgehead atoms. The Morgan fingerprint density at radius 3 is 2.62 bits per heavy atom. The average molecular weight is 355 g/mol. The Morgan fingerprint density at radius 2 is 1.88 bits per heavy atom. The predicted octanol–water partition coefficient (Wildman–Crippen LogP) is 3.97. The third kappa shape index (κ3) is 2.80. The van der Waals surface area contributed by atoms with Gasteiger partial charge in [0.1, 0.15) is 11.3 Å². The first-order chi connectivity index (χ1) is 12.6. The minimum atomic E-state index is -0.338. The Hall–Kier alpha value is -2.60. The van der Waals surface area contributed by atoms with Crippen LogP contribution in [0.1, 0.15) is 35.6 Å². The van der Waals surface area contributed by atoms with Gasteiger partial charge in [-0.2, -0.15) is 0 Å². The molecule has 6 heteroatoms. The Labute approximate surface area is 150 Å². The molecule has 1 aliphatic rings. The van der Waals surface area contributed by atoms with Crippen LogP contribution in [0, 0.1) is 13.8 Å². The number of aryl methyl sites for hydroxylation is 1. The summed E-state index contributed by atoms with van der Waals surface area (Å²) in [6.45, 7) is 5.15. The average Bonchev–Trinajstić information content (AvgIpc) is 3.16. The number of aromatic nitrogens is 1. The second-order valence-electron chi connectivity index (χ2n) is 6.69. The number of ether oxygens (including phenoxy) is 2. The SMILES string of the molecule is COc1cc(-c2cc(C3CCOCC3)no2)cc2oc(=O)c(C)c(C)c12. The molecule has 0 saturated carbocycles. The van der Waals surface area contributed by atoms with Crippen LogP contribution in [0.3, 0.4) is 0 Å². The van der Waals surface area contributed by atoms with Gasteiger partial charge in [-0.05, 0) is 44.4 Å². The van der Waals surface area contributed by atoms with E-state index in [4.69, 9.17) is 18.4 Å². The highest BCUT2D eigenvalue weighted by Crippen LogP contribution is 2.36. The molecule has 1 saturated heterocycles. The fourth-order valence-electron chi connectivity index (χ4n) is 3.47. The van der Waals surface area contributed by atoms with Gasteiger partial charge in [0.05, 0.1) is 18.2 Å². The molecule has 0 N–H and O–H groups in total. The lowest BCUT2D eigenvalue weighted by atomic mass is 9.96. The Morgan fingerprint density at radius 1 is 1.12 bits per heavy atom. The molecule has 3 aromatic rings. The summed E-state index contributed by atoms with van der Waals surface area (Å²) >= 11 is 0. The van der Waals surface area contributed by atoms with Gasteiger partial charge in [-0.15, -0.1) is 0 Å². The van der Waals surface area contributed by atoms with Crippen molar-refractivity contribution in [2.75, 3.05) is 20.3 Å².